The molecule has 0 unspecified atom stereocenters. The fourth-order valence-electron chi connectivity index (χ4n) is 9.85. The van der Waals surface area contributed by atoms with Crippen LogP contribution >= 0.6 is 23.2 Å². The summed E-state index contributed by atoms with van der Waals surface area (Å²) in [7, 11) is -29.6. The molecule has 0 atom stereocenters. The molecule has 1 fully saturated rings. The van der Waals surface area contributed by atoms with Crippen molar-refractivity contribution in [2.24, 2.45) is 20.5 Å². The fourth-order valence-corrected chi connectivity index (χ4v) is 14.3. The summed E-state index contributed by atoms with van der Waals surface area (Å²) in [6, 6.07) is 14.9. The molecule has 1 aliphatic rings. The lowest BCUT2D eigenvalue weighted by atomic mass is 10.1. The molecule has 3 heterocycles. The van der Waals surface area contributed by atoms with E-state index < -0.39 is 152 Å². The number of ether oxygens (including phenoxy) is 1. The molecule has 1 aliphatic heterocycles. The molecule has 0 bridgehead atoms. The van der Waals surface area contributed by atoms with Crippen LogP contribution in [0.15, 0.2) is 141 Å². The zero-order chi connectivity index (χ0) is 69.8. The molecular weight excluding hydrogens is 1440 g/mol. The summed E-state index contributed by atoms with van der Waals surface area (Å²) in [5, 5.41) is 35.6. The molecule has 9 aromatic rings. The van der Waals surface area contributed by atoms with Gasteiger partial charge in [-0.25, -0.2) is 0 Å². The van der Waals surface area contributed by atoms with Crippen LogP contribution in [0.1, 0.15) is 6.92 Å². The van der Waals surface area contributed by atoms with E-state index in [0.717, 1.165) is 60.7 Å². The largest absolute Gasteiger partial charge is 0.505 e. The first-order chi connectivity index (χ1) is 44.8. The molecule has 2 aromatic heterocycles. The molecule has 96 heavy (non-hydrogen) atoms. The Morgan fingerprint density at radius 3 is 1.75 bits per heavy atom. The van der Waals surface area contributed by atoms with Crippen LogP contribution < -0.4 is 30.9 Å². The maximum Gasteiger partial charge on any atom is 0.297 e. The Kier molecular flexibility index (Phi) is 19.2. The minimum Gasteiger partial charge on any atom is -0.505 e. The lowest BCUT2D eigenvalue weighted by molar-refractivity contribution is -0.114. The quantitative estimate of drug-likeness (QED) is 0.0244. The van der Waals surface area contributed by atoms with Gasteiger partial charge < -0.3 is 36.0 Å². The van der Waals surface area contributed by atoms with Gasteiger partial charge in [0, 0.05) is 79.2 Å². The number of nitrogens with zero attached hydrogens (tertiary/aromatic N) is 12. The van der Waals surface area contributed by atoms with Crippen molar-refractivity contribution in [3.05, 3.63) is 102 Å². The zero-order valence-corrected chi connectivity index (χ0v) is 54.7. The first-order valence-corrected chi connectivity index (χ1v) is 36.0. The SMILES string of the molecule is COc1cc(N=Nc2cc(S(=O)(=O)O)c3cccc(S(=O)(=O)O)c3c2)c(NC(C)=O)cc1Nc1nc(Cl)nc(NCCN2CCN(c3nc(Cl)nc(Nc4cc(S(=O)(=O)O)cc5cc(S(=O)(=O)O)c(N=Nc6ccc7c(S(=O)(=O)O)cccc7c6S(=O)(=O)O)c(O)c45)n3)CC2)n1. The van der Waals surface area contributed by atoms with Crippen molar-refractivity contribution in [3.8, 4) is 11.5 Å². The third-order valence-electron chi connectivity index (χ3n) is 13.9. The maximum absolute atomic E-state index is 12.9. The number of benzene rings is 7. The van der Waals surface area contributed by atoms with E-state index in [1.54, 1.807) is 4.90 Å². The molecule has 10 rings (SSSR count). The van der Waals surface area contributed by atoms with Gasteiger partial charge in [-0.2, -0.15) is 85.5 Å². The average molecular weight is 1480 g/mol. The van der Waals surface area contributed by atoms with E-state index in [1.165, 1.54) is 32.2 Å². The lowest BCUT2D eigenvalue weighted by Gasteiger charge is -2.34. The fraction of sp³-hybridized carbons (Fsp3) is 0.157. The number of phenolic OH excluding ortho intramolecular Hbond substituents is 1. The predicted molar refractivity (Wildman–Crippen MR) is 341 cm³/mol. The summed E-state index contributed by atoms with van der Waals surface area (Å²) in [5.41, 5.74) is -2.60. The van der Waals surface area contributed by atoms with Crippen LogP contribution in [-0.2, 0) is 65.5 Å². The van der Waals surface area contributed by atoms with Crippen LogP contribution in [-0.4, -0.2) is 170 Å². The van der Waals surface area contributed by atoms with Crippen molar-refractivity contribution < 1.29 is 92.5 Å². The summed E-state index contributed by atoms with van der Waals surface area (Å²) in [4.78, 5) is 36.1. The number of hydrogen-bond donors (Lipinski definition) is 11. The average Bonchev–Trinajstić information content (AvgIpc) is 0.758. The summed E-state index contributed by atoms with van der Waals surface area (Å²) in [6.45, 7) is 3.09. The number of halogens is 2. The number of nitrogens with one attached hydrogen (secondary N) is 4. The lowest BCUT2D eigenvalue weighted by Crippen LogP contribution is -2.48. The van der Waals surface area contributed by atoms with Crippen LogP contribution in [0.25, 0.3) is 32.3 Å². The third-order valence-corrected chi connectivity index (χ3v) is 19.6. The van der Waals surface area contributed by atoms with Crippen molar-refractivity contribution in [1.29, 1.82) is 0 Å². The number of piperazine rings is 1. The number of amides is 1. The van der Waals surface area contributed by atoms with E-state index >= 15 is 0 Å². The molecule has 7 aromatic carbocycles. The van der Waals surface area contributed by atoms with Gasteiger partial charge in [0.2, 0.25) is 40.3 Å². The monoisotopic (exact) mass is 1480 g/mol. The van der Waals surface area contributed by atoms with Crippen LogP contribution in [0.4, 0.5) is 63.6 Å². The molecule has 1 amide bonds. The minimum absolute atomic E-state index is 0.00561. The summed E-state index contributed by atoms with van der Waals surface area (Å²) >= 11 is 12.7. The number of aromatic nitrogens is 6. The van der Waals surface area contributed by atoms with E-state index in [4.69, 9.17) is 27.9 Å². The van der Waals surface area contributed by atoms with Gasteiger partial charge in [0.25, 0.3) is 60.7 Å². The second-order valence-electron chi connectivity index (χ2n) is 20.2. The molecule has 0 aliphatic carbocycles. The van der Waals surface area contributed by atoms with Gasteiger partial charge in [-0.3, -0.25) is 37.0 Å². The number of azo groups is 2. The second kappa shape index (κ2) is 26.4. The standard InChI is InChI=1S/C51H44Cl2N16O21S6/c1-24(70)55-33-22-35(37(90-2)23-34(33)66-64-26-19-31-28(40(20-26)94(81,82)83)5-3-8-39(31)93(78,79)80)56-49-59-46(52)58-48(62-49)54-11-12-68-13-15-69(16-14-68)51-61-47(53)60-50(63-51)57-36-21-27(91(72,73)74)17-25-18-41(95(84,85)86)43(44(71)42(25)36)67-65-32-10-9-29-30(45(32)96(87,88)89)6-4-7-38(29)92(75,76)77/h3-10,17-23,71H,11-16H2,1-2H3,(H,55,70)(H,72,73,74)(H,75,76,77)(H,78,79,80)(H,81,82,83)(H,84,85,86)(H,87,88,89)(H,57,60,61,63)(H2,54,56,58,59,62). The second-order valence-corrected chi connectivity index (χ2v) is 29.2. The summed E-state index contributed by atoms with van der Waals surface area (Å²) in [5.74, 6) is -2.24. The van der Waals surface area contributed by atoms with Crippen LogP contribution in [0.2, 0.25) is 10.6 Å². The molecule has 0 saturated carbocycles. The number of anilines is 7. The van der Waals surface area contributed by atoms with E-state index in [1.807, 2.05) is 4.90 Å². The minimum atomic E-state index is -5.48. The van der Waals surface area contributed by atoms with Gasteiger partial charge in [0.05, 0.1) is 34.8 Å². The normalized spacial score (nSPS) is 13.9. The molecule has 1 saturated heterocycles. The highest BCUT2D eigenvalue weighted by atomic mass is 35.5. The van der Waals surface area contributed by atoms with E-state index in [9.17, 15) is 87.7 Å². The topological polar surface area (TPSA) is 554 Å². The Morgan fingerprint density at radius 1 is 0.552 bits per heavy atom. The zero-order valence-electron chi connectivity index (χ0n) is 48.3. The Balaban J connectivity index is 0.851. The number of aromatic hydroxyl groups is 1. The number of hydrogen-bond acceptors (Lipinski definition) is 30. The Morgan fingerprint density at radius 2 is 1.14 bits per heavy atom. The smallest absolute Gasteiger partial charge is 0.297 e. The van der Waals surface area contributed by atoms with Crippen molar-refractivity contribution >= 4 is 186 Å². The highest BCUT2D eigenvalue weighted by molar-refractivity contribution is 7.87. The maximum atomic E-state index is 12.9. The number of rotatable bonds is 21. The third kappa shape index (κ3) is 15.5. The molecule has 45 heteroatoms. The molecular formula is C51H44Cl2N16O21S6. The number of carbonyl (C=O) groups excluding carboxylic acids is 1. The van der Waals surface area contributed by atoms with E-state index in [-0.39, 0.29) is 82.0 Å². The Labute approximate surface area is 551 Å². The predicted octanol–water partition coefficient (Wildman–Crippen LogP) is 7.53. The number of methoxy groups -OCH3 is 1. The molecule has 504 valence electrons. The number of carbonyl (C=O) groups is 1. The first-order valence-electron chi connectivity index (χ1n) is 26.6. The molecule has 0 radical (unpaired) electrons. The van der Waals surface area contributed by atoms with Crippen molar-refractivity contribution in [1.82, 2.24) is 34.8 Å². The summed E-state index contributed by atoms with van der Waals surface area (Å²) < 4.78 is 216. The molecule has 11 N–H and O–H groups in total. The van der Waals surface area contributed by atoms with E-state index in [0.29, 0.717) is 31.8 Å². The van der Waals surface area contributed by atoms with Crippen LogP contribution in [0.5, 0.6) is 11.5 Å². The van der Waals surface area contributed by atoms with Crippen LogP contribution in [0.3, 0.4) is 0 Å². The highest BCUT2D eigenvalue weighted by Crippen LogP contribution is 2.47. The van der Waals surface area contributed by atoms with Crippen molar-refractivity contribution in [2.75, 3.05) is 72.5 Å². The first kappa shape index (κ1) is 69.6. The number of phenols is 1. The van der Waals surface area contributed by atoms with Crippen molar-refractivity contribution in [2.45, 2.75) is 36.3 Å². The molecule has 0 spiro atoms. The van der Waals surface area contributed by atoms with Gasteiger partial charge in [-0.05, 0) is 83.2 Å². The van der Waals surface area contributed by atoms with E-state index in [2.05, 4.69) is 71.6 Å². The van der Waals surface area contributed by atoms with Gasteiger partial charge in [0.1, 0.15) is 47.3 Å². The Hall–Kier alpha value is -9.19. The van der Waals surface area contributed by atoms with Gasteiger partial charge in [-0.1, -0.05) is 30.3 Å². The van der Waals surface area contributed by atoms with Gasteiger partial charge >= 0.3 is 0 Å². The summed E-state index contributed by atoms with van der Waals surface area (Å²) in [6.07, 6.45) is 0. The van der Waals surface area contributed by atoms with Gasteiger partial charge in [-0.15, -0.1) is 15.3 Å². The highest BCUT2D eigenvalue weighted by Gasteiger charge is 2.30. The van der Waals surface area contributed by atoms with Crippen LogP contribution in [0, 0.1) is 0 Å². The van der Waals surface area contributed by atoms with Crippen molar-refractivity contribution in [3.63, 3.8) is 0 Å². The molecule has 37 nitrogen and oxygen atoms in total. The number of fused-ring (bicyclic) bond motifs is 3. The van der Waals surface area contributed by atoms with Gasteiger partial charge in [0.15, 0.2) is 5.75 Å². The Bertz CT molecular complexity index is 5550.